The second-order valence-electron chi connectivity index (χ2n) is 4.09. The lowest BCUT2D eigenvalue weighted by Gasteiger charge is -2.08. The molecule has 0 radical (unpaired) electrons. The molecular formula is C13H20ClN3O2. The average Bonchev–Trinajstić information content (AvgIpc) is 2.40. The first-order valence-electron chi connectivity index (χ1n) is 6.36. The van der Waals surface area contributed by atoms with E-state index in [1.807, 2.05) is 0 Å². The summed E-state index contributed by atoms with van der Waals surface area (Å²) < 4.78 is 4.92. The molecule has 0 aliphatic rings. The number of methoxy groups -OCH3 is 1. The Morgan fingerprint density at radius 1 is 1.42 bits per heavy atom. The molecule has 19 heavy (non-hydrogen) atoms. The van der Waals surface area contributed by atoms with Crippen LogP contribution in [0.25, 0.3) is 0 Å². The monoisotopic (exact) mass is 285 g/mol. The maximum absolute atomic E-state index is 11.9. The van der Waals surface area contributed by atoms with E-state index in [0.717, 1.165) is 19.4 Å². The van der Waals surface area contributed by atoms with Gasteiger partial charge in [0.2, 0.25) is 0 Å². The Labute approximate surface area is 118 Å². The van der Waals surface area contributed by atoms with Crippen LogP contribution in [0, 0.1) is 0 Å². The molecule has 1 rings (SSSR count). The summed E-state index contributed by atoms with van der Waals surface area (Å²) in [6, 6.07) is 3.26. The van der Waals surface area contributed by atoms with Gasteiger partial charge in [-0.25, -0.2) is 4.98 Å². The fraction of sp³-hybridized carbons (Fsp3) is 0.538. The van der Waals surface area contributed by atoms with Crippen molar-refractivity contribution in [1.82, 2.24) is 10.3 Å². The first kappa shape index (κ1) is 15.7. The molecular weight excluding hydrogens is 266 g/mol. The van der Waals surface area contributed by atoms with Crippen LogP contribution >= 0.6 is 11.6 Å². The van der Waals surface area contributed by atoms with E-state index < -0.39 is 0 Å². The number of pyridine rings is 1. The van der Waals surface area contributed by atoms with Crippen LogP contribution in [0.2, 0.25) is 5.15 Å². The lowest BCUT2D eigenvalue weighted by atomic mass is 10.2. The van der Waals surface area contributed by atoms with Gasteiger partial charge in [0.15, 0.2) is 0 Å². The number of hydrogen-bond acceptors (Lipinski definition) is 4. The molecule has 1 heterocycles. The molecule has 0 bridgehead atoms. The van der Waals surface area contributed by atoms with Gasteiger partial charge in [0.1, 0.15) is 11.0 Å². The third-order valence-corrected chi connectivity index (χ3v) is 2.62. The van der Waals surface area contributed by atoms with Crippen molar-refractivity contribution in [1.29, 1.82) is 0 Å². The number of carbonyl (C=O) groups is 1. The van der Waals surface area contributed by atoms with Gasteiger partial charge in [-0.3, -0.25) is 4.79 Å². The molecule has 1 aromatic rings. The number of anilines is 1. The van der Waals surface area contributed by atoms with E-state index in [0.29, 0.717) is 29.7 Å². The molecule has 0 aliphatic heterocycles. The highest BCUT2D eigenvalue weighted by molar-refractivity contribution is 6.29. The molecule has 6 heteroatoms. The van der Waals surface area contributed by atoms with Crippen LogP contribution in [0.3, 0.4) is 0 Å². The largest absolute Gasteiger partial charge is 0.385 e. The van der Waals surface area contributed by atoms with Gasteiger partial charge in [0.25, 0.3) is 5.91 Å². The van der Waals surface area contributed by atoms with Crippen molar-refractivity contribution in [3.05, 3.63) is 22.8 Å². The Kier molecular flexibility index (Phi) is 7.22. The fourth-order valence-electron chi connectivity index (χ4n) is 1.49. The predicted octanol–water partition coefficient (Wildman–Crippen LogP) is 2.32. The molecule has 106 valence electrons. The van der Waals surface area contributed by atoms with Crippen molar-refractivity contribution >= 4 is 23.3 Å². The van der Waals surface area contributed by atoms with Crippen molar-refractivity contribution in [2.24, 2.45) is 0 Å². The van der Waals surface area contributed by atoms with Crippen LogP contribution in [0.15, 0.2) is 12.1 Å². The van der Waals surface area contributed by atoms with Gasteiger partial charge in [0, 0.05) is 32.4 Å². The molecule has 0 fully saturated rings. The molecule has 0 unspecified atom stereocenters. The Hall–Kier alpha value is -1.33. The van der Waals surface area contributed by atoms with E-state index >= 15 is 0 Å². The summed E-state index contributed by atoms with van der Waals surface area (Å²) in [6.07, 6.45) is 1.76. The van der Waals surface area contributed by atoms with Crippen molar-refractivity contribution in [3.8, 4) is 0 Å². The number of rotatable bonds is 8. The van der Waals surface area contributed by atoms with Crippen molar-refractivity contribution in [2.75, 3.05) is 32.1 Å². The zero-order valence-corrected chi connectivity index (χ0v) is 12.1. The predicted molar refractivity (Wildman–Crippen MR) is 76.9 cm³/mol. The smallest absolute Gasteiger partial charge is 0.251 e. The Balaban J connectivity index is 2.60. The molecule has 0 spiro atoms. The topological polar surface area (TPSA) is 63.2 Å². The van der Waals surface area contributed by atoms with E-state index in [4.69, 9.17) is 16.3 Å². The van der Waals surface area contributed by atoms with Crippen molar-refractivity contribution in [3.63, 3.8) is 0 Å². The molecule has 0 atom stereocenters. The highest BCUT2D eigenvalue weighted by Gasteiger charge is 2.08. The summed E-state index contributed by atoms with van der Waals surface area (Å²) in [5, 5.41) is 6.23. The van der Waals surface area contributed by atoms with E-state index in [-0.39, 0.29) is 5.91 Å². The Bertz CT molecular complexity index is 413. The number of nitrogens with one attached hydrogen (secondary N) is 2. The molecule has 5 nitrogen and oxygen atoms in total. The van der Waals surface area contributed by atoms with E-state index in [1.165, 1.54) is 0 Å². The number of halogens is 1. The summed E-state index contributed by atoms with van der Waals surface area (Å²) in [5.74, 6) is 0.469. The van der Waals surface area contributed by atoms with Crippen molar-refractivity contribution < 1.29 is 9.53 Å². The molecule has 0 aliphatic carbocycles. The van der Waals surface area contributed by atoms with Crippen LogP contribution in [-0.2, 0) is 4.74 Å². The van der Waals surface area contributed by atoms with Gasteiger partial charge in [-0.15, -0.1) is 0 Å². The van der Waals surface area contributed by atoms with Gasteiger partial charge in [-0.05, 0) is 25.0 Å². The van der Waals surface area contributed by atoms with Crippen LogP contribution < -0.4 is 10.6 Å². The number of ether oxygens (including phenoxy) is 1. The van der Waals surface area contributed by atoms with Crippen molar-refractivity contribution in [2.45, 2.75) is 19.8 Å². The minimum absolute atomic E-state index is 0.153. The normalized spacial score (nSPS) is 10.3. The SMILES string of the molecule is CCCNc1cc(C(=O)NCCCOC)cc(Cl)n1. The second kappa shape index (κ2) is 8.72. The maximum atomic E-state index is 11.9. The quantitative estimate of drug-likeness (QED) is 0.568. The molecule has 1 amide bonds. The molecule has 0 aromatic carbocycles. The summed E-state index contributed by atoms with van der Waals surface area (Å²) in [5.41, 5.74) is 0.510. The summed E-state index contributed by atoms with van der Waals surface area (Å²) in [4.78, 5) is 16.0. The first-order chi connectivity index (χ1) is 9.17. The molecule has 2 N–H and O–H groups in total. The standard InChI is InChI=1S/C13H20ClN3O2/c1-3-5-15-12-9-10(8-11(14)17-12)13(18)16-6-4-7-19-2/h8-9H,3-7H2,1-2H3,(H,15,17)(H,16,18). The van der Waals surface area contributed by atoms with Crippen LogP contribution in [-0.4, -0.2) is 37.7 Å². The summed E-state index contributed by atoms with van der Waals surface area (Å²) in [7, 11) is 1.64. The van der Waals surface area contributed by atoms with E-state index in [9.17, 15) is 4.79 Å². The highest BCUT2D eigenvalue weighted by Crippen LogP contribution is 2.14. The third kappa shape index (κ3) is 5.89. The molecule has 0 saturated heterocycles. The summed E-state index contributed by atoms with van der Waals surface area (Å²) >= 11 is 5.91. The third-order valence-electron chi connectivity index (χ3n) is 2.42. The van der Waals surface area contributed by atoms with Crippen LogP contribution in [0.1, 0.15) is 30.1 Å². The Morgan fingerprint density at radius 2 is 2.21 bits per heavy atom. The van der Waals surface area contributed by atoms with E-state index in [2.05, 4.69) is 22.5 Å². The van der Waals surface area contributed by atoms with Gasteiger partial charge >= 0.3 is 0 Å². The lowest BCUT2D eigenvalue weighted by Crippen LogP contribution is -2.25. The average molecular weight is 286 g/mol. The zero-order chi connectivity index (χ0) is 14.1. The zero-order valence-electron chi connectivity index (χ0n) is 11.3. The number of amides is 1. The van der Waals surface area contributed by atoms with E-state index in [1.54, 1.807) is 19.2 Å². The molecule has 0 saturated carbocycles. The minimum atomic E-state index is -0.153. The highest BCUT2D eigenvalue weighted by atomic mass is 35.5. The minimum Gasteiger partial charge on any atom is -0.385 e. The number of hydrogen-bond donors (Lipinski definition) is 2. The van der Waals surface area contributed by atoms with Gasteiger partial charge in [0.05, 0.1) is 0 Å². The first-order valence-corrected chi connectivity index (χ1v) is 6.73. The molecule has 1 aromatic heterocycles. The van der Waals surface area contributed by atoms with Crippen LogP contribution in [0.4, 0.5) is 5.82 Å². The summed E-state index contributed by atoms with van der Waals surface area (Å²) in [6.45, 7) is 4.05. The van der Waals surface area contributed by atoms with Gasteiger partial charge < -0.3 is 15.4 Å². The Morgan fingerprint density at radius 3 is 2.89 bits per heavy atom. The van der Waals surface area contributed by atoms with Crippen LogP contribution in [0.5, 0.6) is 0 Å². The number of carbonyl (C=O) groups excluding carboxylic acids is 1. The fourth-order valence-corrected chi connectivity index (χ4v) is 1.70. The lowest BCUT2D eigenvalue weighted by molar-refractivity contribution is 0.0948. The number of aromatic nitrogens is 1. The number of nitrogens with zero attached hydrogens (tertiary/aromatic N) is 1. The van der Waals surface area contributed by atoms with Gasteiger partial charge in [-0.2, -0.15) is 0 Å². The second-order valence-corrected chi connectivity index (χ2v) is 4.48. The van der Waals surface area contributed by atoms with Gasteiger partial charge in [-0.1, -0.05) is 18.5 Å². The maximum Gasteiger partial charge on any atom is 0.251 e.